The third kappa shape index (κ3) is 9.86. The number of unbranched alkanes of at least 4 members (excludes halogenated alkanes) is 2. The molecule has 0 heterocycles. The number of hydrogen-bond donors (Lipinski definition) is 1. The van der Waals surface area contributed by atoms with Crippen molar-refractivity contribution in [1.29, 1.82) is 0 Å². The van der Waals surface area contributed by atoms with Crippen molar-refractivity contribution in [3.8, 4) is 0 Å². The van der Waals surface area contributed by atoms with E-state index in [-0.39, 0.29) is 5.97 Å². The predicted octanol–water partition coefficient (Wildman–Crippen LogP) is 3.67. The molecular weight excluding hydrogens is 266 g/mol. The smallest absolute Gasteiger partial charge is 0.325 e. The van der Waals surface area contributed by atoms with Crippen LogP contribution in [0.5, 0.6) is 0 Å². The van der Waals surface area contributed by atoms with E-state index in [1.807, 2.05) is 0 Å². The summed E-state index contributed by atoms with van der Waals surface area (Å²) < 4.78 is 10.7. The van der Waals surface area contributed by atoms with E-state index in [1.165, 1.54) is 25.7 Å². The summed E-state index contributed by atoms with van der Waals surface area (Å²) in [7, 11) is 0. The summed E-state index contributed by atoms with van der Waals surface area (Å²) in [4.78, 5) is 11.6. The SMILES string of the molecule is CCCCC(CC)COCCCCC(C)(N)C(=O)OCC. The second-order valence-electron chi connectivity index (χ2n) is 6.09. The van der Waals surface area contributed by atoms with Gasteiger partial charge in [-0.3, -0.25) is 4.79 Å². The first-order chi connectivity index (χ1) is 9.97. The molecule has 126 valence electrons. The summed E-state index contributed by atoms with van der Waals surface area (Å²) in [5.74, 6) is 0.376. The third-order valence-corrected chi connectivity index (χ3v) is 3.87. The van der Waals surface area contributed by atoms with Gasteiger partial charge in [-0.1, -0.05) is 33.1 Å². The van der Waals surface area contributed by atoms with E-state index in [2.05, 4.69) is 13.8 Å². The van der Waals surface area contributed by atoms with Gasteiger partial charge in [-0.2, -0.15) is 0 Å². The largest absolute Gasteiger partial charge is 0.465 e. The van der Waals surface area contributed by atoms with Gasteiger partial charge in [0.2, 0.25) is 0 Å². The first kappa shape index (κ1) is 20.4. The molecule has 21 heavy (non-hydrogen) atoms. The molecule has 2 atom stereocenters. The number of nitrogens with two attached hydrogens (primary N) is 1. The number of esters is 1. The van der Waals surface area contributed by atoms with E-state index in [1.54, 1.807) is 13.8 Å². The van der Waals surface area contributed by atoms with Crippen LogP contribution in [0.1, 0.15) is 72.6 Å². The fourth-order valence-corrected chi connectivity index (χ4v) is 2.24. The molecular formula is C17H35NO3. The van der Waals surface area contributed by atoms with Gasteiger partial charge in [-0.25, -0.2) is 0 Å². The van der Waals surface area contributed by atoms with Crippen LogP contribution in [-0.2, 0) is 14.3 Å². The van der Waals surface area contributed by atoms with Gasteiger partial charge in [-0.05, 0) is 45.4 Å². The highest BCUT2D eigenvalue weighted by atomic mass is 16.5. The molecule has 4 heteroatoms. The maximum absolute atomic E-state index is 11.6. The zero-order chi connectivity index (χ0) is 16.1. The van der Waals surface area contributed by atoms with Gasteiger partial charge < -0.3 is 15.2 Å². The summed E-state index contributed by atoms with van der Waals surface area (Å²) >= 11 is 0. The van der Waals surface area contributed by atoms with Gasteiger partial charge in [0, 0.05) is 13.2 Å². The molecule has 0 bridgehead atoms. The van der Waals surface area contributed by atoms with E-state index in [0.717, 1.165) is 26.1 Å². The van der Waals surface area contributed by atoms with Crippen LogP contribution in [0, 0.1) is 5.92 Å². The van der Waals surface area contributed by atoms with Gasteiger partial charge in [0.05, 0.1) is 6.61 Å². The summed E-state index contributed by atoms with van der Waals surface area (Å²) in [6, 6.07) is 0. The molecule has 0 aromatic heterocycles. The second kappa shape index (κ2) is 12.0. The van der Waals surface area contributed by atoms with Crippen LogP contribution in [0.4, 0.5) is 0 Å². The Hall–Kier alpha value is -0.610. The quantitative estimate of drug-likeness (QED) is 0.416. The molecule has 0 aliphatic rings. The number of carbonyl (C=O) groups is 1. The number of hydrogen-bond acceptors (Lipinski definition) is 4. The second-order valence-corrected chi connectivity index (χ2v) is 6.09. The molecule has 0 aliphatic heterocycles. The molecule has 2 unspecified atom stereocenters. The lowest BCUT2D eigenvalue weighted by atomic mass is 9.96. The summed E-state index contributed by atoms with van der Waals surface area (Å²) in [6.45, 7) is 9.97. The van der Waals surface area contributed by atoms with Crippen molar-refractivity contribution in [3.63, 3.8) is 0 Å². The van der Waals surface area contributed by atoms with Crippen LogP contribution in [0.3, 0.4) is 0 Å². The molecule has 0 aliphatic carbocycles. The third-order valence-electron chi connectivity index (χ3n) is 3.87. The Morgan fingerprint density at radius 1 is 1.19 bits per heavy atom. The highest BCUT2D eigenvalue weighted by molar-refractivity contribution is 5.79. The first-order valence-corrected chi connectivity index (χ1v) is 8.51. The monoisotopic (exact) mass is 301 g/mol. The Kier molecular flexibility index (Phi) is 11.6. The van der Waals surface area contributed by atoms with Crippen LogP contribution in [0.25, 0.3) is 0 Å². The maximum Gasteiger partial charge on any atom is 0.325 e. The van der Waals surface area contributed by atoms with Crippen molar-refractivity contribution >= 4 is 5.97 Å². The molecule has 0 rings (SSSR count). The average Bonchev–Trinajstić information content (AvgIpc) is 2.46. The van der Waals surface area contributed by atoms with E-state index in [0.29, 0.717) is 18.9 Å². The lowest BCUT2D eigenvalue weighted by Crippen LogP contribution is -2.46. The molecule has 0 saturated carbocycles. The number of carbonyl (C=O) groups excluding carboxylic acids is 1. The highest BCUT2D eigenvalue weighted by Crippen LogP contribution is 2.15. The molecule has 2 N–H and O–H groups in total. The average molecular weight is 301 g/mol. The molecule has 0 aromatic rings. The Labute approximate surface area is 130 Å². The Balaban J connectivity index is 3.69. The van der Waals surface area contributed by atoms with Crippen molar-refractivity contribution in [2.75, 3.05) is 19.8 Å². The topological polar surface area (TPSA) is 61.5 Å². The molecule has 0 saturated heterocycles. The number of ether oxygens (including phenoxy) is 2. The summed E-state index contributed by atoms with van der Waals surface area (Å²) in [6.07, 6.45) is 7.45. The lowest BCUT2D eigenvalue weighted by Gasteiger charge is -2.22. The molecule has 0 radical (unpaired) electrons. The Morgan fingerprint density at radius 2 is 1.90 bits per heavy atom. The summed E-state index contributed by atoms with van der Waals surface area (Å²) in [5.41, 5.74) is 5.10. The Morgan fingerprint density at radius 3 is 2.48 bits per heavy atom. The van der Waals surface area contributed by atoms with Crippen LogP contribution in [-0.4, -0.2) is 31.3 Å². The Bertz CT molecular complexity index is 267. The fourth-order valence-electron chi connectivity index (χ4n) is 2.24. The van der Waals surface area contributed by atoms with Gasteiger partial charge in [0.15, 0.2) is 0 Å². The highest BCUT2D eigenvalue weighted by Gasteiger charge is 2.28. The van der Waals surface area contributed by atoms with Crippen LogP contribution < -0.4 is 5.73 Å². The molecule has 0 spiro atoms. The van der Waals surface area contributed by atoms with Crippen molar-refractivity contribution < 1.29 is 14.3 Å². The molecule has 0 fully saturated rings. The minimum absolute atomic E-state index is 0.309. The van der Waals surface area contributed by atoms with Gasteiger partial charge in [0.25, 0.3) is 0 Å². The lowest BCUT2D eigenvalue weighted by molar-refractivity contribution is -0.149. The van der Waals surface area contributed by atoms with E-state index in [4.69, 9.17) is 15.2 Å². The van der Waals surface area contributed by atoms with Crippen LogP contribution in [0.2, 0.25) is 0 Å². The molecule has 0 amide bonds. The maximum atomic E-state index is 11.6. The van der Waals surface area contributed by atoms with E-state index >= 15 is 0 Å². The zero-order valence-corrected chi connectivity index (χ0v) is 14.5. The minimum atomic E-state index is -0.872. The number of rotatable bonds is 13. The van der Waals surface area contributed by atoms with Crippen molar-refractivity contribution in [1.82, 2.24) is 0 Å². The van der Waals surface area contributed by atoms with Gasteiger partial charge in [-0.15, -0.1) is 0 Å². The van der Waals surface area contributed by atoms with Crippen molar-refractivity contribution in [2.24, 2.45) is 11.7 Å². The predicted molar refractivity (Wildman–Crippen MR) is 87.2 cm³/mol. The van der Waals surface area contributed by atoms with Crippen LogP contribution >= 0.6 is 0 Å². The molecule has 4 nitrogen and oxygen atoms in total. The standard InChI is InChI=1S/C17H35NO3/c1-5-8-11-15(6-2)14-20-13-10-9-12-17(4,18)16(19)21-7-3/h15H,5-14,18H2,1-4H3. The normalized spacial score (nSPS) is 15.5. The van der Waals surface area contributed by atoms with Gasteiger partial charge >= 0.3 is 5.97 Å². The summed E-state index contributed by atoms with van der Waals surface area (Å²) in [5, 5.41) is 0. The first-order valence-electron chi connectivity index (χ1n) is 8.51. The van der Waals surface area contributed by atoms with Crippen molar-refractivity contribution in [2.45, 2.75) is 78.2 Å². The van der Waals surface area contributed by atoms with Crippen LogP contribution in [0.15, 0.2) is 0 Å². The fraction of sp³-hybridized carbons (Fsp3) is 0.941. The van der Waals surface area contributed by atoms with Gasteiger partial charge in [0.1, 0.15) is 5.54 Å². The zero-order valence-electron chi connectivity index (χ0n) is 14.5. The van der Waals surface area contributed by atoms with Crippen molar-refractivity contribution in [3.05, 3.63) is 0 Å². The minimum Gasteiger partial charge on any atom is -0.465 e. The van der Waals surface area contributed by atoms with E-state index < -0.39 is 5.54 Å². The molecule has 0 aromatic carbocycles. The van der Waals surface area contributed by atoms with E-state index in [9.17, 15) is 4.79 Å².